The molecule has 0 unspecified atom stereocenters. The van der Waals surface area contributed by atoms with Gasteiger partial charge < -0.3 is 15.0 Å². The van der Waals surface area contributed by atoms with Gasteiger partial charge in [-0.25, -0.2) is 4.98 Å². The largest absolute Gasteiger partial charge is 0.483 e. The second-order valence-corrected chi connectivity index (χ2v) is 8.15. The third-order valence-electron chi connectivity index (χ3n) is 4.88. The smallest absolute Gasteiger partial charge is 0.264 e. The molecule has 0 saturated carbocycles. The zero-order valence-corrected chi connectivity index (χ0v) is 19.1. The third-order valence-corrected chi connectivity index (χ3v) is 5.50. The van der Waals surface area contributed by atoms with Crippen LogP contribution in [0.15, 0.2) is 60.7 Å². The maximum absolute atomic E-state index is 12.1. The highest BCUT2D eigenvalue weighted by atomic mass is 35.5. The quantitative estimate of drug-likeness (QED) is 0.345. The topological polar surface area (TPSA) is 79.0 Å². The number of carbonyl (C=O) groups excluding carboxylic acids is 1. The summed E-state index contributed by atoms with van der Waals surface area (Å²) in [5.74, 6) is 1.08. The number of hydrogen-bond acceptors (Lipinski definition) is 4. The lowest BCUT2D eigenvalue weighted by atomic mass is 10.2. The van der Waals surface area contributed by atoms with Gasteiger partial charge >= 0.3 is 0 Å². The summed E-state index contributed by atoms with van der Waals surface area (Å²) in [6.45, 7) is 3.75. The van der Waals surface area contributed by atoms with Crippen LogP contribution >= 0.6 is 23.8 Å². The molecule has 6 nitrogen and oxygen atoms in total. The molecule has 0 bridgehead atoms. The maximum Gasteiger partial charge on any atom is 0.264 e. The van der Waals surface area contributed by atoms with Crippen LogP contribution in [0.2, 0.25) is 5.02 Å². The molecule has 4 aromatic rings. The average molecular weight is 465 g/mol. The summed E-state index contributed by atoms with van der Waals surface area (Å²) in [7, 11) is 0. The predicted molar refractivity (Wildman–Crippen MR) is 132 cm³/mol. The number of ether oxygens (including phenoxy) is 1. The molecule has 162 valence electrons. The van der Waals surface area contributed by atoms with Crippen LogP contribution in [0.4, 0.5) is 5.69 Å². The van der Waals surface area contributed by atoms with Gasteiger partial charge in [-0.1, -0.05) is 29.8 Å². The number of aromatic amines is 1. The molecule has 0 spiro atoms. The van der Waals surface area contributed by atoms with Gasteiger partial charge in [0.25, 0.3) is 5.91 Å². The minimum absolute atomic E-state index is 0.124. The van der Waals surface area contributed by atoms with Crippen LogP contribution in [-0.4, -0.2) is 27.6 Å². The summed E-state index contributed by atoms with van der Waals surface area (Å²) in [5, 5.41) is 6.51. The van der Waals surface area contributed by atoms with Gasteiger partial charge in [-0.3, -0.25) is 10.1 Å². The number of halogens is 1. The Morgan fingerprint density at radius 3 is 2.59 bits per heavy atom. The van der Waals surface area contributed by atoms with E-state index in [0.717, 1.165) is 39.2 Å². The summed E-state index contributed by atoms with van der Waals surface area (Å²) in [4.78, 5) is 20.0. The molecule has 0 aliphatic rings. The number of para-hydroxylation sites is 1. The summed E-state index contributed by atoms with van der Waals surface area (Å²) in [6.07, 6.45) is 0. The van der Waals surface area contributed by atoms with Crippen LogP contribution in [0.5, 0.6) is 5.75 Å². The Balaban J connectivity index is 1.34. The van der Waals surface area contributed by atoms with E-state index in [1.807, 2.05) is 74.5 Å². The lowest BCUT2D eigenvalue weighted by molar-refractivity contribution is -0.121. The van der Waals surface area contributed by atoms with Gasteiger partial charge in [0.1, 0.15) is 11.6 Å². The number of benzene rings is 3. The predicted octanol–water partition coefficient (Wildman–Crippen LogP) is 5.39. The number of rotatable bonds is 5. The number of imidazole rings is 1. The van der Waals surface area contributed by atoms with Gasteiger partial charge in [0, 0.05) is 16.3 Å². The highest BCUT2D eigenvalue weighted by molar-refractivity contribution is 7.80. The molecule has 0 atom stereocenters. The second-order valence-electron chi connectivity index (χ2n) is 7.34. The van der Waals surface area contributed by atoms with Gasteiger partial charge in [0.15, 0.2) is 11.7 Å². The van der Waals surface area contributed by atoms with Crippen LogP contribution < -0.4 is 15.4 Å². The zero-order valence-electron chi connectivity index (χ0n) is 17.5. The first kappa shape index (κ1) is 21.8. The highest BCUT2D eigenvalue weighted by Gasteiger charge is 2.10. The standard InChI is InChI=1S/C24H21ClN4O2S/c1-14-5-3-4-6-21(14)31-13-22(30)29-24(32)26-17-9-7-16(8-10-17)23-27-19-11-15(2)18(25)12-20(19)28-23/h3-12H,13H2,1-2H3,(H,27,28)(H2,26,29,30,32). The fourth-order valence-corrected chi connectivity index (χ4v) is 3.56. The molecule has 0 aliphatic heterocycles. The number of aromatic nitrogens is 2. The number of nitrogens with zero attached hydrogens (tertiary/aromatic N) is 1. The van der Waals surface area contributed by atoms with E-state index in [9.17, 15) is 4.79 Å². The van der Waals surface area contributed by atoms with Gasteiger partial charge in [-0.05, 0) is 79.7 Å². The SMILES string of the molecule is Cc1cc2[nH]c(-c3ccc(NC(=S)NC(=O)COc4ccccc4C)cc3)nc2cc1Cl. The molecule has 8 heteroatoms. The van der Waals surface area contributed by atoms with E-state index < -0.39 is 0 Å². The molecule has 4 rings (SSSR count). The molecule has 3 N–H and O–H groups in total. The normalized spacial score (nSPS) is 10.7. The minimum atomic E-state index is -0.335. The van der Waals surface area contributed by atoms with Crippen LogP contribution in [0.1, 0.15) is 11.1 Å². The lowest BCUT2D eigenvalue weighted by Crippen LogP contribution is -2.37. The van der Waals surface area contributed by atoms with Crippen molar-refractivity contribution in [3.05, 3.63) is 76.8 Å². The molecule has 32 heavy (non-hydrogen) atoms. The van der Waals surface area contributed by atoms with Crippen molar-refractivity contribution in [2.75, 3.05) is 11.9 Å². The summed E-state index contributed by atoms with van der Waals surface area (Å²) in [6, 6.07) is 18.9. The number of aryl methyl sites for hydroxylation is 2. The summed E-state index contributed by atoms with van der Waals surface area (Å²) in [5.41, 5.74) is 5.36. The van der Waals surface area contributed by atoms with E-state index in [1.54, 1.807) is 0 Å². The molecule has 1 amide bonds. The van der Waals surface area contributed by atoms with Gasteiger partial charge in [0.2, 0.25) is 0 Å². The van der Waals surface area contributed by atoms with Crippen molar-refractivity contribution in [2.45, 2.75) is 13.8 Å². The number of carbonyl (C=O) groups is 1. The number of thiocarbonyl (C=S) groups is 1. The Hall–Kier alpha value is -3.42. The third kappa shape index (κ3) is 5.07. The molecular weight excluding hydrogens is 444 g/mol. The van der Waals surface area contributed by atoms with Crippen molar-refractivity contribution in [2.24, 2.45) is 0 Å². The molecular formula is C24H21ClN4O2S. The highest BCUT2D eigenvalue weighted by Crippen LogP contribution is 2.26. The molecule has 0 aliphatic carbocycles. The molecule has 0 radical (unpaired) electrons. The Morgan fingerprint density at radius 2 is 1.84 bits per heavy atom. The van der Waals surface area contributed by atoms with E-state index in [0.29, 0.717) is 10.8 Å². The number of anilines is 1. The number of fused-ring (bicyclic) bond motifs is 1. The van der Waals surface area contributed by atoms with Crippen molar-refractivity contribution in [3.63, 3.8) is 0 Å². The van der Waals surface area contributed by atoms with Crippen molar-refractivity contribution < 1.29 is 9.53 Å². The van der Waals surface area contributed by atoms with Gasteiger partial charge in [-0.2, -0.15) is 0 Å². The maximum atomic E-state index is 12.1. The van der Waals surface area contributed by atoms with Gasteiger partial charge in [-0.15, -0.1) is 0 Å². The lowest BCUT2D eigenvalue weighted by Gasteiger charge is -2.11. The molecule has 0 fully saturated rings. The molecule has 0 saturated heterocycles. The minimum Gasteiger partial charge on any atom is -0.483 e. The molecule has 1 heterocycles. The number of hydrogen-bond donors (Lipinski definition) is 3. The van der Waals surface area contributed by atoms with Crippen LogP contribution in [0, 0.1) is 13.8 Å². The zero-order chi connectivity index (χ0) is 22.7. The first-order valence-electron chi connectivity index (χ1n) is 9.94. The molecule has 3 aromatic carbocycles. The Bertz CT molecular complexity index is 1260. The average Bonchev–Trinajstić information content (AvgIpc) is 3.16. The first-order valence-corrected chi connectivity index (χ1v) is 10.7. The van der Waals surface area contributed by atoms with Crippen LogP contribution in [0.3, 0.4) is 0 Å². The van der Waals surface area contributed by atoms with Crippen molar-refractivity contribution in [3.8, 4) is 17.1 Å². The Morgan fingerprint density at radius 1 is 1.09 bits per heavy atom. The second kappa shape index (κ2) is 9.38. The van der Waals surface area contributed by atoms with Crippen molar-refractivity contribution >= 4 is 51.6 Å². The van der Waals surface area contributed by atoms with E-state index in [2.05, 4.69) is 20.6 Å². The summed E-state index contributed by atoms with van der Waals surface area (Å²) >= 11 is 11.4. The number of H-pyrrole nitrogens is 1. The van der Waals surface area contributed by atoms with Crippen LogP contribution in [-0.2, 0) is 4.79 Å². The van der Waals surface area contributed by atoms with Crippen LogP contribution in [0.25, 0.3) is 22.4 Å². The van der Waals surface area contributed by atoms with E-state index in [4.69, 9.17) is 28.6 Å². The summed E-state index contributed by atoms with van der Waals surface area (Å²) < 4.78 is 5.54. The first-order chi connectivity index (χ1) is 15.4. The fraction of sp³-hybridized carbons (Fsp3) is 0.125. The van der Waals surface area contributed by atoms with Crippen molar-refractivity contribution in [1.29, 1.82) is 0 Å². The van der Waals surface area contributed by atoms with Gasteiger partial charge in [0.05, 0.1) is 11.0 Å². The van der Waals surface area contributed by atoms with E-state index in [1.165, 1.54) is 0 Å². The Labute approximate surface area is 196 Å². The van der Waals surface area contributed by atoms with E-state index >= 15 is 0 Å². The van der Waals surface area contributed by atoms with Crippen molar-refractivity contribution in [1.82, 2.24) is 15.3 Å². The van der Waals surface area contributed by atoms with E-state index in [-0.39, 0.29) is 17.6 Å². The number of amides is 1. The number of nitrogens with one attached hydrogen (secondary N) is 3. The Kier molecular flexibility index (Phi) is 6.39. The fourth-order valence-electron chi connectivity index (χ4n) is 3.17. The monoisotopic (exact) mass is 464 g/mol. The molecule has 1 aromatic heterocycles.